The van der Waals surface area contributed by atoms with Gasteiger partial charge in [0.05, 0.1) is 22.8 Å². The number of aromatic nitrogens is 3. The van der Waals surface area contributed by atoms with Crippen LogP contribution >= 0.6 is 11.6 Å². The zero-order valence-corrected chi connectivity index (χ0v) is 20.5. The molecule has 1 unspecified atom stereocenters. The van der Waals surface area contributed by atoms with E-state index >= 15 is 0 Å². The number of benzene rings is 3. The number of fused-ring (bicyclic) bond motifs is 1. The molecule has 5 rings (SSSR count). The second-order valence-electron chi connectivity index (χ2n) is 8.10. The van der Waals surface area contributed by atoms with Crippen LogP contribution in [0.4, 0.5) is 10.1 Å². The SMILES string of the molecule is CCOC(=O)C=Cc1cccc(C2=CN=CN(Nc3ccc(F)c(Cl)c3)C2n2nnc3ccccc32)c1. The van der Waals surface area contributed by atoms with Gasteiger partial charge >= 0.3 is 5.97 Å². The lowest BCUT2D eigenvalue weighted by Gasteiger charge is -2.34. The Kier molecular flexibility index (Phi) is 6.96. The van der Waals surface area contributed by atoms with E-state index in [1.54, 1.807) is 41.3 Å². The van der Waals surface area contributed by atoms with Crippen molar-refractivity contribution in [3.8, 4) is 0 Å². The van der Waals surface area contributed by atoms with Gasteiger partial charge in [-0.15, -0.1) is 5.10 Å². The van der Waals surface area contributed by atoms with Gasteiger partial charge in [-0.25, -0.2) is 23.9 Å². The van der Waals surface area contributed by atoms with Crippen molar-refractivity contribution >= 4 is 52.3 Å². The summed E-state index contributed by atoms with van der Waals surface area (Å²) >= 11 is 6.01. The fourth-order valence-electron chi connectivity index (χ4n) is 3.99. The van der Waals surface area contributed by atoms with Crippen LogP contribution in [0.2, 0.25) is 5.02 Å². The average Bonchev–Trinajstić information content (AvgIpc) is 3.34. The fraction of sp³-hybridized carbons (Fsp3) is 0.111. The molecular weight excluding hydrogens is 495 g/mol. The highest BCUT2D eigenvalue weighted by molar-refractivity contribution is 6.31. The summed E-state index contributed by atoms with van der Waals surface area (Å²) in [6.07, 6.45) is 5.95. The van der Waals surface area contributed by atoms with Gasteiger partial charge in [-0.2, -0.15) is 0 Å². The molecule has 37 heavy (non-hydrogen) atoms. The maximum atomic E-state index is 13.8. The van der Waals surface area contributed by atoms with Gasteiger partial charge < -0.3 is 4.74 Å². The third-order valence-corrected chi connectivity index (χ3v) is 5.94. The number of nitrogens with one attached hydrogen (secondary N) is 1. The number of ether oxygens (including phenoxy) is 1. The molecule has 0 saturated carbocycles. The zero-order chi connectivity index (χ0) is 25.8. The minimum atomic E-state index is -0.516. The molecule has 0 fully saturated rings. The first-order chi connectivity index (χ1) is 18.0. The molecule has 0 saturated heterocycles. The monoisotopic (exact) mass is 516 g/mol. The molecule has 0 spiro atoms. The van der Waals surface area contributed by atoms with E-state index in [2.05, 4.69) is 20.7 Å². The van der Waals surface area contributed by atoms with E-state index in [1.807, 2.05) is 48.5 Å². The first kappa shape index (κ1) is 24.2. The Labute approximate surface area is 217 Å². The van der Waals surface area contributed by atoms with Crippen LogP contribution in [0.1, 0.15) is 24.2 Å². The second kappa shape index (κ2) is 10.6. The number of halogens is 2. The Hall–Kier alpha value is -4.50. The molecule has 186 valence electrons. The van der Waals surface area contributed by atoms with Crippen LogP contribution in [0.3, 0.4) is 0 Å². The molecule has 8 nitrogen and oxygen atoms in total. The molecular formula is C27H22ClFN6O2. The molecule has 1 aromatic heterocycles. The van der Waals surface area contributed by atoms with Gasteiger partial charge in [0, 0.05) is 17.8 Å². The summed E-state index contributed by atoms with van der Waals surface area (Å²) in [5.41, 5.74) is 7.85. The molecule has 0 radical (unpaired) electrons. The van der Waals surface area contributed by atoms with Crippen LogP contribution in [0, 0.1) is 5.82 Å². The molecule has 1 N–H and O–H groups in total. The Morgan fingerprint density at radius 1 is 1.16 bits per heavy atom. The highest BCUT2D eigenvalue weighted by atomic mass is 35.5. The number of rotatable bonds is 7. The summed E-state index contributed by atoms with van der Waals surface area (Å²) in [6, 6.07) is 19.7. The number of hydrogen-bond donors (Lipinski definition) is 1. The lowest BCUT2D eigenvalue weighted by Crippen LogP contribution is -2.39. The van der Waals surface area contributed by atoms with Crippen molar-refractivity contribution in [2.75, 3.05) is 12.0 Å². The maximum absolute atomic E-state index is 13.8. The Morgan fingerprint density at radius 2 is 2.03 bits per heavy atom. The van der Waals surface area contributed by atoms with Crippen LogP contribution in [-0.2, 0) is 9.53 Å². The van der Waals surface area contributed by atoms with Crippen LogP contribution < -0.4 is 5.43 Å². The number of nitrogens with zero attached hydrogens (tertiary/aromatic N) is 5. The van der Waals surface area contributed by atoms with Crippen molar-refractivity contribution in [2.45, 2.75) is 13.1 Å². The molecule has 0 amide bonds. The number of para-hydroxylation sites is 1. The molecule has 2 heterocycles. The summed E-state index contributed by atoms with van der Waals surface area (Å²) in [4.78, 5) is 16.2. The highest BCUT2D eigenvalue weighted by Crippen LogP contribution is 2.35. The number of carbonyl (C=O) groups is 1. The molecule has 3 aromatic carbocycles. The number of esters is 1. The normalized spacial score (nSPS) is 15.3. The summed E-state index contributed by atoms with van der Waals surface area (Å²) < 4.78 is 20.5. The number of hydrazine groups is 1. The maximum Gasteiger partial charge on any atom is 0.330 e. The van der Waals surface area contributed by atoms with Crippen LogP contribution in [0.15, 0.2) is 84.0 Å². The molecule has 0 aliphatic carbocycles. The van der Waals surface area contributed by atoms with E-state index in [9.17, 15) is 9.18 Å². The summed E-state index contributed by atoms with van der Waals surface area (Å²) in [5.74, 6) is -0.915. The van der Waals surface area contributed by atoms with Gasteiger partial charge in [-0.3, -0.25) is 5.43 Å². The molecule has 4 aromatic rings. The second-order valence-corrected chi connectivity index (χ2v) is 8.51. The molecule has 0 bridgehead atoms. The van der Waals surface area contributed by atoms with E-state index in [0.29, 0.717) is 12.3 Å². The standard InChI is InChI=1S/C27H22ClFN6O2/c1-2-37-26(36)13-10-18-6-5-7-19(14-18)21-16-30-17-34(32-20-11-12-23(29)22(28)15-20)27(21)35-25-9-4-3-8-24(25)31-33-35/h3-17,27,32H,2H2,1H3. The molecule has 1 atom stereocenters. The first-order valence-corrected chi connectivity index (χ1v) is 11.9. The topological polar surface area (TPSA) is 84.6 Å². The van der Waals surface area contributed by atoms with Crippen LogP contribution in [0.5, 0.6) is 0 Å². The summed E-state index contributed by atoms with van der Waals surface area (Å²) in [6.45, 7) is 2.07. The van der Waals surface area contributed by atoms with E-state index in [4.69, 9.17) is 16.3 Å². The van der Waals surface area contributed by atoms with Gasteiger partial charge in [-0.1, -0.05) is 47.1 Å². The number of carbonyl (C=O) groups excluding carboxylic acids is 1. The van der Waals surface area contributed by atoms with E-state index in [1.165, 1.54) is 18.2 Å². The number of aliphatic imine (C=N–C) groups is 1. The zero-order valence-electron chi connectivity index (χ0n) is 19.8. The third kappa shape index (κ3) is 5.22. The molecule has 10 heteroatoms. The highest BCUT2D eigenvalue weighted by Gasteiger charge is 2.29. The number of hydrogen-bond acceptors (Lipinski definition) is 7. The first-order valence-electron chi connectivity index (χ1n) is 11.5. The predicted molar refractivity (Wildman–Crippen MR) is 142 cm³/mol. The van der Waals surface area contributed by atoms with Crippen molar-refractivity contribution < 1.29 is 13.9 Å². The van der Waals surface area contributed by atoms with Gasteiger partial charge in [0.2, 0.25) is 0 Å². The van der Waals surface area contributed by atoms with Gasteiger partial charge in [0.15, 0.2) is 6.17 Å². The smallest absolute Gasteiger partial charge is 0.330 e. The minimum absolute atomic E-state index is 0.00134. The van der Waals surface area contributed by atoms with Crippen molar-refractivity contribution in [1.82, 2.24) is 20.0 Å². The summed E-state index contributed by atoms with van der Waals surface area (Å²) in [5, 5.41) is 10.5. The minimum Gasteiger partial charge on any atom is -0.463 e. The Morgan fingerprint density at radius 3 is 2.86 bits per heavy atom. The average molecular weight is 517 g/mol. The van der Waals surface area contributed by atoms with Crippen molar-refractivity contribution in [3.63, 3.8) is 0 Å². The van der Waals surface area contributed by atoms with Crippen LogP contribution in [-0.4, -0.2) is 38.9 Å². The fourth-order valence-corrected chi connectivity index (χ4v) is 4.17. The van der Waals surface area contributed by atoms with Crippen molar-refractivity contribution in [3.05, 3.63) is 101 Å². The quantitative estimate of drug-likeness (QED) is 0.250. The Bertz CT molecular complexity index is 1550. The third-order valence-electron chi connectivity index (χ3n) is 5.65. The predicted octanol–water partition coefficient (Wildman–Crippen LogP) is 5.71. The largest absolute Gasteiger partial charge is 0.463 e. The summed E-state index contributed by atoms with van der Waals surface area (Å²) in [7, 11) is 0. The van der Waals surface area contributed by atoms with E-state index in [0.717, 1.165) is 27.7 Å². The van der Waals surface area contributed by atoms with E-state index in [-0.39, 0.29) is 5.02 Å². The Balaban J connectivity index is 1.55. The van der Waals surface area contributed by atoms with Gasteiger partial charge in [0.25, 0.3) is 0 Å². The van der Waals surface area contributed by atoms with Crippen molar-refractivity contribution in [2.24, 2.45) is 4.99 Å². The van der Waals surface area contributed by atoms with Crippen molar-refractivity contribution in [1.29, 1.82) is 0 Å². The van der Waals surface area contributed by atoms with Gasteiger partial charge in [-0.05, 0) is 60.5 Å². The number of anilines is 1. The van der Waals surface area contributed by atoms with Crippen LogP contribution in [0.25, 0.3) is 22.7 Å². The molecule has 1 aliphatic rings. The lowest BCUT2D eigenvalue weighted by molar-refractivity contribution is -0.137. The van der Waals surface area contributed by atoms with Gasteiger partial charge in [0.1, 0.15) is 17.7 Å². The molecule has 1 aliphatic heterocycles. The lowest BCUT2D eigenvalue weighted by atomic mass is 10.0. The van der Waals surface area contributed by atoms with E-state index < -0.39 is 18.0 Å².